The van der Waals surface area contributed by atoms with Gasteiger partial charge in [0.2, 0.25) is 4.29 Å². The first-order chi connectivity index (χ1) is 62.7. The maximum absolute atomic E-state index is 11.9. The molecule has 53 nitrogen and oxygen atoms in total. The van der Waals surface area contributed by atoms with Crippen molar-refractivity contribution >= 4 is 78.1 Å². The number of amides is 3. The third-order valence-corrected chi connectivity index (χ3v) is 16.4. The zero-order valence-electron chi connectivity index (χ0n) is 78.2. The highest BCUT2D eigenvalue weighted by Crippen LogP contribution is 2.38. The minimum Gasteiger partial charge on any atom is -0.790 e. The molecule has 0 aliphatic carbocycles. The number of nitrogens with one attached hydrogen (secondary N) is 3. The largest absolute Gasteiger partial charge is 0.790 e. The molecular weight excluding hydrogens is 1910 g/mol. The van der Waals surface area contributed by atoms with Crippen LogP contribution in [0.1, 0.15) is 199 Å². The minimum atomic E-state index is -4.95. The number of phosphoric ester groups is 3. The molecule has 0 spiro atoms. The summed E-state index contributed by atoms with van der Waals surface area (Å²) < 4.78 is 218. The number of phosphoric acid groups is 3. The van der Waals surface area contributed by atoms with Gasteiger partial charge in [-0.2, -0.15) is 44.8 Å². The van der Waals surface area contributed by atoms with Crippen molar-refractivity contribution in [2.45, 2.75) is 218 Å². The first kappa shape index (κ1) is 147. The molecule has 0 aromatic carbocycles. The molecule has 35 N–H and O–H groups in total. The van der Waals surface area contributed by atoms with Crippen LogP contribution >= 0.6 is 23.5 Å². The van der Waals surface area contributed by atoms with Gasteiger partial charge in [-0.3, -0.25) is 18.9 Å². The molecule has 2 heterocycles. The van der Waals surface area contributed by atoms with E-state index in [0.29, 0.717) is 110 Å². The smallest absolute Gasteiger partial charge is 0.508 e. The van der Waals surface area contributed by atoms with Crippen molar-refractivity contribution in [1.29, 1.82) is 5.26 Å². The predicted molar refractivity (Wildman–Crippen MR) is 438 cm³/mol. The van der Waals surface area contributed by atoms with E-state index in [9.17, 15) is 131 Å². The SMILES string of the molecule is C1CC[NH2+]C1.C1CC[NH2+]C1.N.N.N#CCCOP(=O)([O-])OCCCCCCOC(=O)OCCCCNC(=O)C(F)(F)F.NCCCCOC(=O)OCCCCCCOP(=O)([O-])[O-].NCCCCOC(=O)OCCCCN.O.O.O=C(OCCCCNC(=O)C(F)(F)F)OCCCCNC(=O)C(F)(F)F.O=C([O-])OCCCCCCOP(=O)([O-])[O-].[2H]ON.[2H]ON.[2H]ON.[NH3+]CCCCOC(=O)[O-]. The van der Waals surface area contributed by atoms with Gasteiger partial charge in [0.15, 0.2) is 0 Å². The number of carbonyl (C=O) groups excluding carboxylic acids is 9. The highest BCUT2D eigenvalue weighted by Gasteiger charge is 2.39. The number of nitrogens with two attached hydrogens (primary N) is 8. The lowest BCUT2D eigenvalue weighted by atomic mass is 10.2. The average Bonchev–Trinajstić information content (AvgIpc) is 1.88. The third-order valence-electron chi connectivity index (χ3n) is 14.4. The number of hydrogen-bond donors (Lipinski definition) is 17. The third kappa shape index (κ3) is 147. The van der Waals surface area contributed by atoms with E-state index in [1.807, 2.05) is 0 Å². The quantitative estimate of drug-likeness (QED) is 0.00783. The van der Waals surface area contributed by atoms with Gasteiger partial charge >= 0.3 is 60.9 Å². The van der Waals surface area contributed by atoms with E-state index in [1.165, 1.54) is 51.9 Å². The van der Waals surface area contributed by atoms with Crippen molar-refractivity contribution < 1.29 is 244 Å². The van der Waals surface area contributed by atoms with Crippen LogP contribution in [0.25, 0.3) is 0 Å². The van der Waals surface area contributed by atoms with Crippen molar-refractivity contribution in [3.8, 4) is 6.07 Å². The maximum Gasteiger partial charge on any atom is 0.508 e. The summed E-state index contributed by atoms with van der Waals surface area (Å²) in [7, 11) is -14.1. The Balaban J connectivity index is -0.000000120. The number of halogens is 9. The summed E-state index contributed by atoms with van der Waals surface area (Å²) in [6.45, 7) is 8.30. The Morgan fingerprint density at radius 2 is 0.567 bits per heavy atom. The van der Waals surface area contributed by atoms with Gasteiger partial charge < -0.3 is 207 Å². The standard InChI is InChI=1S/C16H26F3N2O8P.C13H18F6N2O5.C11H24NO7P.C9H20N2O3.C7H15O7P.C5H11NO3.2C4H9N.3H3NO.2H3N.2H2O/c17-16(18,19)14(22)21-9-3-6-11-27-15(23)26-10-4-1-2-5-12-28-30(24,25)29-13-7-8-20;14-12(15,16)9(22)20-5-1-3-7-25-11(24)26-8-4-2-6-21-10(23)13(17,18)19;12-7-3-6-9-18-11(13)17-8-4-1-2-5-10-19-20(14,15)16;10-5-1-3-7-13-9(12)14-8-4-2-6-11;8-7(9)13-5-3-1-2-4-6-14-15(10,11)12;6-3-1-2-4-9-5(7)8;2*1-2-4-5-3-1;3*1-2;;;;/h1-7,9-13H2,(H,21,22)(H,24,25);1-8H2,(H,20,22)(H,21,23);1-10,12H2,(H2,14,15,16);1-8,10-11H2;1-6H2,(H,8,9)(H2,10,11,12);1-4,6H2,(H,7,8);2*5H,1-4H2;3*2H,1H2;2*1H3;2*1H2/p-4/i;;;;;;;;3*2D;;;;. The van der Waals surface area contributed by atoms with Gasteiger partial charge in [0.25, 0.3) is 20.1 Å². The molecule has 1 atom stereocenters. The summed E-state index contributed by atoms with van der Waals surface area (Å²) in [5.74, 6) is 5.92. The van der Waals surface area contributed by atoms with Crippen molar-refractivity contribution in [3.05, 3.63) is 0 Å². The number of alkyl halides is 9. The average molecular weight is 2060 g/mol. The molecule has 2 fully saturated rings. The lowest BCUT2D eigenvalue weighted by Crippen LogP contribution is -2.80. The maximum atomic E-state index is 11.9. The number of carboxylic acid groups (broad SMARTS) is 2. The molecule has 1 unspecified atom stereocenters. The van der Waals surface area contributed by atoms with Crippen molar-refractivity contribution in [1.82, 2.24) is 28.3 Å². The monoisotopic (exact) mass is 2060 g/mol. The van der Waals surface area contributed by atoms with E-state index in [0.717, 1.165) is 64.3 Å². The van der Waals surface area contributed by atoms with E-state index >= 15 is 0 Å². The molecule has 0 saturated carbocycles. The Morgan fingerprint density at radius 1 is 0.366 bits per heavy atom. The van der Waals surface area contributed by atoms with Gasteiger partial charge in [0, 0.05) is 58.5 Å². The molecular formula is C69H147F9N15O38P3-4. The highest BCUT2D eigenvalue weighted by atomic mass is 31.2. The normalized spacial score (nSPS) is 12.0. The lowest BCUT2D eigenvalue weighted by molar-refractivity contribution is -0.635. The number of nitrogens with zero attached hydrogens (tertiary/aromatic N) is 1. The molecule has 0 aromatic heterocycles. The first-order valence-corrected chi connectivity index (χ1v) is 45.3. The summed E-state index contributed by atoms with van der Waals surface area (Å²) in [6.07, 6.45) is -0.700. The van der Waals surface area contributed by atoms with Crippen LogP contribution < -0.4 is 114 Å². The van der Waals surface area contributed by atoms with Crippen LogP contribution in [0.2, 0.25) is 4.29 Å². The predicted octanol–water partition coefficient (Wildman–Crippen LogP) is -1.98. The Morgan fingerprint density at radius 3 is 0.761 bits per heavy atom. The summed E-state index contributed by atoms with van der Waals surface area (Å²) in [5.41, 5.74) is 19.4. The van der Waals surface area contributed by atoms with Crippen LogP contribution in [0.3, 0.4) is 0 Å². The number of nitriles is 1. The number of ether oxygens (including phenoxy) is 10. The van der Waals surface area contributed by atoms with Crippen LogP contribution in [0.15, 0.2) is 0 Å². The summed E-state index contributed by atoms with van der Waals surface area (Å²) in [6, 6.07) is 1.74. The fraction of sp³-hybridized carbons (Fsp3) is 0.855. The van der Waals surface area contributed by atoms with Crippen LogP contribution in [0.5, 0.6) is 0 Å². The molecule has 0 bridgehead atoms. The molecule has 65 heteroatoms. The number of carbonyl (C=O) groups is 9. The highest BCUT2D eigenvalue weighted by molar-refractivity contribution is 7.45. The fourth-order valence-corrected chi connectivity index (χ4v) is 9.66. The van der Waals surface area contributed by atoms with Gasteiger partial charge in [-0.1, -0.05) is 25.7 Å². The van der Waals surface area contributed by atoms with Gasteiger partial charge in [-0.05, 0) is 161 Å². The second-order valence-corrected chi connectivity index (χ2v) is 29.1. The van der Waals surface area contributed by atoms with Gasteiger partial charge in [-0.25, -0.2) is 36.9 Å². The van der Waals surface area contributed by atoms with Crippen molar-refractivity contribution in [2.24, 2.45) is 34.9 Å². The van der Waals surface area contributed by atoms with E-state index in [2.05, 4.69) is 86.7 Å². The summed E-state index contributed by atoms with van der Waals surface area (Å²) >= 11 is 0. The number of unbranched alkanes of at least 4 members (excludes halogenated alkanes) is 16. The van der Waals surface area contributed by atoms with E-state index in [1.54, 1.807) is 22.0 Å². The molecule has 2 aliphatic heterocycles. The number of hydrogen-bond acceptors (Lipinski definition) is 45. The van der Waals surface area contributed by atoms with Gasteiger partial charge in [-0.15, -0.1) is 0 Å². The summed E-state index contributed by atoms with van der Waals surface area (Å²) in [4.78, 5) is 147. The molecule has 0 radical (unpaired) electrons. The minimum absolute atomic E-state index is 0. The van der Waals surface area contributed by atoms with Crippen LogP contribution in [-0.2, 0) is 93.5 Å². The molecule has 808 valence electrons. The Hall–Kier alpha value is -7.42. The zero-order valence-corrected chi connectivity index (χ0v) is 77.9. The van der Waals surface area contributed by atoms with Crippen LogP contribution in [0.4, 0.5) is 68.3 Å². The Kier molecular flexibility index (Phi) is 123. The van der Waals surface area contributed by atoms with Crippen molar-refractivity contribution in [3.63, 3.8) is 0 Å². The second kappa shape index (κ2) is 113. The molecule has 2 rings (SSSR count). The van der Waals surface area contributed by atoms with E-state index in [4.69, 9.17) is 55.2 Å². The molecule has 2 aliphatic rings. The summed E-state index contributed by atoms with van der Waals surface area (Å²) in [5, 5.41) is 46.4. The number of rotatable bonds is 58. The second-order valence-electron chi connectivity index (χ2n) is 25.4. The van der Waals surface area contributed by atoms with Crippen LogP contribution in [0, 0.1) is 11.3 Å². The molecule has 3 amide bonds. The molecule has 134 heavy (non-hydrogen) atoms. The number of quaternary nitrogens is 3. The van der Waals surface area contributed by atoms with Crippen LogP contribution in [-0.4, -0.2) is 264 Å². The lowest BCUT2D eigenvalue weighted by Gasteiger charge is -2.28. The molecule has 2 saturated heterocycles. The van der Waals surface area contributed by atoms with Gasteiger partial charge in [0.05, 0.1) is 140 Å². The topological polar surface area (TPSA) is 966 Å². The molecule has 0 aromatic rings. The van der Waals surface area contributed by atoms with E-state index < -0.39 is 96.7 Å². The zero-order chi connectivity index (χ0) is 103. The van der Waals surface area contributed by atoms with E-state index in [-0.39, 0.29) is 161 Å². The fourth-order valence-electron chi connectivity index (χ4n) is 8.21. The Bertz CT molecular complexity index is 2860. The van der Waals surface area contributed by atoms with Crippen molar-refractivity contribution in [2.75, 3.05) is 164 Å². The first-order valence-electron chi connectivity index (χ1n) is 42.1. The van der Waals surface area contributed by atoms with Gasteiger partial charge in [0.1, 0.15) is 0 Å². The Labute approximate surface area is 776 Å².